The summed E-state index contributed by atoms with van der Waals surface area (Å²) in [6.45, 7) is 1.05. The zero-order valence-corrected chi connectivity index (χ0v) is 14.2. The van der Waals surface area contributed by atoms with Crippen molar-refractivity contribution in [3.8, 4) is 0 Å². The zero-order chi connectivity index (χ0) is 17.4. The van der Waals surface area contributed by atoms with Crippen LogP contribution in [0.3, 0.4) is 0 Å². The number of Topliss-reactive ketones (excluding diaryl/α,β-unsaturated/α-hetero) is 1. The number of nitrogens with zero attached hydrogens (tertiary/aromatic N) is 1. The van der Waals surface area contributed by atoms with Gasteiger partial charge in [-0.2, -0.15) is 0 Å². The molecule has 4 heteroatoms. The van der Waals surface area contributed by atoms with E-state index < -0.39 is 6.04 Å². The van der Waals surface area contributed by atoms with Gasteiger partial charge in [0.1, 0.15) is 0 Å². The van der Waals surface area contributed by atoms with Gasteiger partial charge in [0.05, 0.1) is 6.04 Å². The summed E-state index contributed by atoms with van der Waals surface area (Å²) < 4.78 is 2.41. The molecule has 3 aromatic rings. The maximum Gasteiger partial charge on any atom is 0.179 e. The Morgan fingerprint density at radius 2 is 1.84 bits per heavy atom. The Bertz CT molecular complexity index is 924. The topological polar surface area (TPSA) is 74.0 Å². The number of aromatic nitrogens is 1. The highest BCUT2D eigenvalue weighted by Gasteiger charge is 2.24. The van der Waals surface area contributed by atoms with Crippen molar-refractivity contribution >= 4 is 22.4 Å². The van der Waals surface area contributed by atoms with E-state index in [2.05, 4.69) is 28.8 Å². The molecule has 1 aliphatic heterocycles. The lowest BCUT2D eigenvalue weighted by atomic mass is 9.95. The average molecular weight is 333 g/mol. The maximum atomic E-state index is 12.7. The van der Waals surface area contributed by atoms with Crippen LogP contribution in [-0.2, 0) is 19.4 Å². The predicted octanol–water partition coefficient (Wildman–Crippen LogP) is 3.31. The summed E-state index contributed by atoms with van der Waals surface area (Å²) in [4.78, 5) is 12.7. The van der Waals surface area contributed by atoms with Crippen molar-refractivity contribution in [2.75, 3.05) is 5.73 Å². The molecule has 1 aromatic heterocycles. The SMILES string of the molecule is Nc1ccc(C(=O)C(N)Cc2c3n(c4ccccc24)CCCC3)cc1. The molecule has 4 rings (SSSR count). The second-order valence-corrected chi connectivity index (χ2v) is 6.85. The van der Waals surface area contributed by atoms with E-state index in [9.17, 15) is 4.79 Å². The first kappa shape index (κ1) is 15.9. The fraction of sp³-hybridized carbons (Fsp3) is 0.286. The molecule has 0 aliphatic carbocycles. The Morgan fingerprint density at radius 3 is 2.64 bits per heavy atom. The van der Waals surface area contributed by atoms with Gasteiger partial charge in [0.25, 0.3) is 0 Å². The van der Waals surface area contributed by atoms with E-state index in [1.54, 1.807) is 24.3 Å². The highest BCUT2D eigenvalue weighted by atomic mass is 16.1. The Labute approximate surface area is 147 Å². The number of carbonyl (C=O) groups is 1. The van der Waals surface area contributed by atoms with Gasteiger partial charge in [0, 0.05) is 34.4 Å². The van der Waals surface area contributed by atoms with E-state index in [1.807, 2.05) is 0 Å². The van der Waals surface area contributed by atoms with Crippen LogP contribution in [0, 0.1) is 0 Å². The molecule has 1 aliphatic rings. The lowest BCUT2D eigenvalue weighted by Crippen LogP contribution is -2.33. The molecule has 1 unspecified atom stereocenters. The van der Waals surface area contributed by atoms with Crippen LogP contribution >= 0.6 is 0 Å². The summed E-state index contributed by atoms with van der Waals surface area (Å²) in [5.74, 6) is -0.0279. The molecular weight excluding hydrogens is 310 g/mol. The minimum Gasteiger partial charge on any atom is -0.399 e. The summed E-state index contributed by atoms with van der Waals surface area (Å²) in [5, 5.41) is 1.24. The van der Waals surface area contributed by atoms with Gasteiger partial charge in [-0.3, -0.25) is 4.79 Å². The van der Waals surface area contributed by atoms with Crippen LogP contribution in [0.1, 0.15) is 34.5 Å². The summed E-state index contributed by atoms with van der Waals surface area (Å²) in [7, 11) is 0. The van der Waals surface area contributed by atoms with Crippen molar-refractivity contribution in [2.24, 2.45) is 5.73 Å². The zero-order valence-electron chi connectivity index (χ0n) is 14.2. The van der Waals surface area contributed by atoms with Crippen LogP contribution in [0.5, 0.6) is 0 Å². The van der Waals surface area contributed by atoms with Crippen molar-refractivity contribution in [1.29, 1.82) is 0 Å². The standard InChI is InChI=1S/C21H23N3O/c22-15-10-8-14(9-11-15)21(25)18(23)13-17-16-5-1-2-6-19(16)24-12-4-3-7-20(17)24/h1-2,5-6,8-11,18H,3-4,7,12-13,22-23H2. The number of nitrogen functional groups attached to an aromatic ring is 1. The average Bonchev–Trinajstić information content (AvgIpc) is 2.96. The molecule has 0 bridgehead atoms. The van der Waals surface area contributed by atoms with Gasteiger partial charge in [-0.25, -0.2) is 0 Å². The lowest BCUT2D eigenvalue weighted by Gasteiger charge is -2.18. The van der Waals surface area contributed by atoms with E-state index >= 15 is 0 Å². The normalized spacial score (nSPS) is 15.1. The van der Waals surface area contributed by atoms with E-state index in [4.69, 9.17) is 11.5 Å². The molecule has 0 amide bonds. The third-order valence-corrected chi connectivity index (χ3v) is 5.20. The summed E-state index contributed by atoms with van der Waals surface area (Å²) in [5.41, 5.74) is 17.2. The van der Waals surface area contributed by atoms with Crippen molar-refractivity contribution in [3.63, 3.8) is 0 Å². The third kappa shape index (κ3) is 2.83. The molecule has 0 saturated carbocycles. The fourth-order valence-electron chi connectivity index (χ4n) is 3.93. The number of carbonyl (C=O) groups excluding carboxylic acids is 1. The number of hydrogen-bond donors (Lipinski definition) is 2. The molecule has 25 heavy (non-hydrogen) atoms. The van der Waals surface area contributed by atoms with E-state index in [0.29, 0.717) is 17.7 Å². The summed E-state index contributed by atoms with van der Waals surface area (Å²) in [6.07, 6.45) is 4.05. The number of hydrogen-bond acceptors (Lipinski definition) is 3. The van der Waals surface area contributed by atoms with E-state index in [1.165, 1.54) is 35.0 Å². The Hall–Kier alpha value is -2.59. The van der Waals surface area contributed by atoms with Crippen molar-refractivity contribution < 1.29 is 4.79 Å². The van der Waals surface area contributed by atoms with Gasteiger partial charge < -0.3 is 16.0 Å². The molecule has 2 aromatic carbocycles. The third-order valence-electron chi connectivity index (χ3n) is 5.20. The molecule has 0 spiro atoms. The van der Waals surface area contributed by atoms with Gasteiger partial charge in [-0.05, 0) is 61.6 Å². The molecule has 0 saturated heterocycles. The van der Waals surface area contributed by atoms with Crippen molar-refractivity contribution in [2.45, 2.75) is 38.3 Å². The minimum atomic E-state index is -0.541. The largest absolute Gasteiger partial charge is 0.399 e. The van der Waals surface area contributed by atoms with Gasteiger partial charge in [-0.1, -0.05) is 18.2 Å². The molecule has 0 radical (unpaired) electrons. The number of para-hydroxylation sites is 1. The molecule has 1 atom stereocenters. The number of rotatable bonds is 4. The number of ketones is 1. The van der Waals surface area contributed by atoms with Crippen LogP contribution in [0.15, 0.2) is 48.5 Å². The Kier molecular flexibility index (Phi) is 4.06. The van der Waals surface area contributed by atoms with Crippen molar-refractivity contribution in [1.82, 2.24) is 4.57 Å². The quantitative estimate of drug-likeness (QED) is 0.568. The summed E-state index contributed by atoms with van der Waals surface area (Å²) in [6, 6.07) is 14.9. The fourth-order valence-corrected chi connectivity index (χ4v) is 3.93. The Balaban J connectivity index is 1.68. The first-order valence-corrected chi connectivity index (χ1v) is 8.89. The number of fused-ring (bicyclic) bond motifs is 3. The number of benzene rings is 2. The highest BCUT2D eigenvalue weighted by Crippen LogP contribution is 2.31. The molecule has 4 nitrogen and oxygen atoms in total. The Morgan fingerprint density at radius 1 is 1.08 bits per heavy atom. The highest BCUT2D eigenvalue weighted by molar-refractivity contribution is 6.00. The summed E-state index contributed by atoms with van der Waals surface area (Å²) >= 11 is 0. The van der Waals surface area contributed by atoms with Crippen LogP contribution in [0.2, 0.25) is 0 Å². The van der Waals surface area contributed by atoms with Crippen LogP contribution in [0.4, 0.5) is 5.69 Å². The van der Waals surface area contributed by atoms with Gasteiger partial charge >= 0.3 is 0 Å². The second-order valence-electron chi connectivity index (χ2n) is 6.85. The maximum absolute atomic E-state index is 12.7. The van der Waals surface area contributed by atoms with Gasteiger partial charge in [0.2, 0.25) is 0 Å². The second kappa shape index (κ2) is 6.37. The van der Waals surface area contributed by atoms with Crippen LogP contribution in [0.25, 0.3) is 10.9 Å². The lowest BCUT2D eigenvalue weighted by molar-refractivity contribution is 0.0961. The molecule has 4 N–H and O–H groups in total. The number of nitrogens with two attached hydrogens (primary N) is 2. The van der Waals surface area contributed by atoms with Crippen LogP contribution < -0.4 is 11.5 Å². The first-order valence-electron chi connectivity index (χ1n) is 8.89. The van der Waals surface area contributed by atoms with Gasteiger partial charge in [0.15, 0.2) is 5.78 Å². The number of aryl methyl sites for hydroxylation is 1. The monoisotopic (exact) mass is 333 g/mol. The van der Waals surface area contributed by atoms with E-state index in [-0.39, 0.29) is 5.78 Å². The minimum absolute atomic E-state index is 0.0279. The molecule has 2 heterocycles. The van der Waals surface area contributed by atoms with Crippen molar-refractivity contribution in [3.05, 3.63) is 65.4 Å². The van der Waals surface area contributed by atoms with E-state index in [0.717, 1.165) is 13.0 Å². The molecule has 128 valence electrons. The number of anilines is 1. The molecule has 0 fully saturated rings. The predicted molar refractivity (Wildman–Crippen MR) is 102 cm³/mol. The van der Waals surface area contributed by atoms with Gasteiger partial charge in [-0.15, -0.1) is 0 Å². The van der Waals surface area contributed by atoms with Crippen LogP contribution in [-0.4, -0.2) is 16.4 Å². The first-order chi connectivity index (χ1) is 12.1. The smallest absolute Gasteiger partial charge is 0.179 e. The molecular formula is C21H23N3O.